The van der Waals surface area contributed by atoms with Crippen molar-refractivity contribution in [1.82, 2.24) is 4.98 Å². The van der Waals surface area contributed by atoms with Gasteiger partial charge in [-0.1, -0.05) is 20.8 Å². The zero-order valence-corrected chi connectivity index (χ0v) is 13.0. The van der Waals surface area contributed by atoms with Crippen molar-refractivity contribution in [1.29, 1.82) is 0 Å². The van der Waals surface area contributed by atoms with E-state index in [1.807, 2.05) is 20.8 Å². The molecule has 1 aromatic carbocycles. The van der Waals surface area contributed by atoms with Crippen molar-refractivity contribution in [2.75, 3.05) is 5.32 Å². The number of hydrogen-bond acceptors (Lipinski definition) is 3. The largest absolute Gasteiger partial charge is 0.444 e. The standard InChI is InChI=1S/C16H18F2N2O2/c1-9-13(22-15(19-9)16(2,3)4)8-14(21)20-12-7-10(17)5-6-11(12)18/h5-7H,8H2,1-4H3,(H,20,21). The molecule has 1 aromatic heterocycles. The van der Waals surface area contributed by atoms with E-state index in [1.54, 1.807) is 6.92 Å². The van der Waals surface area contributed by atoms with E-state index in [1.165, 1.54) is 0 Å². The normalized spacial score (nSPS) is 11.5. The Morgan fingerprint density at radius 2 is 2.00 bits per heavy atom. The Morgan fingerprint density at radius 1 is 1.32 bits per heavy atom. The Balaban J connectivity index is 2.13. The highest BCUT2D eigenvalue weighted by Gasteiger charge is 2.23. The van der Waals surface area contributed by atoms with E-state index < -0.39 is 17.5 Å². The number of nitrogens with zero attached hydrogens (tertiary/aromatic N) is 1. The number of anilines is 1. The summed E-state index contributed by atoms with van der Waals surface area (Å²) >= 11 is 0. The Labute approximate surface area is 127 Å². The Hall–Kier alpha value is -2.24. The SMILES string of the molecule is Cc1nc(C(C)(C)C)oc1CC(=O)Nc1cc(F)ccc1F. The van der Waals surface area contributed by atoms with Gasteiger partial charge in [-0.2, -0.15) is 0 Å². The van der Waals surface area contributed by atoms with Crippen LogP contribution in [0.3, 0.4) is 0 Å². The molecule has 0 unspecified atom stereocenters. The second-order valence-electron chi connectivity index (χ2n) is 6.13. The summed E-state index contributed by atoms with van der Waals surface area (Å²) in [5, 5.41) is 2.33. The van der Waals surface area contributed by atoms with E-state index in [2.05, 4.69) is 10.3 Å². The van der Waals surface area contributed by atoms with Crippen molar-refractivity contribution in [2.45, 2.75) is 39.5 Å². The van der Waals surface area contributed by atoms with Crippen LogP contribution < -0.4 is 5.32 Å². The number of nitrogens with one attached hydrogen (secondary N) is 1. The highest BCUT2D eigenvalue weighted by Crippen LogP contribution is 2.24. The average molecular weight is 308 g/mol. The van der Waals surface area contributed by atoms with Crippen LogP contribution in [-0.4, -0.2) is 10.9 Å². The van der Waals surface area contributed by atoms with Crippen molar-refractivity contribution in [3.8, 4) is 0 Å². The zero-order chi connectivity index (χ0) is 16.5. The fraction of sp³-hybridized carbons (Fsp3) is 0.375. The van der Waals surface area contributed by atoms with Crippen molar-refractivity contribution in [3.63, 3.8) is 0 Å². The first-order chi connectivity index (χ1) is 10.2. The van der Waals surface area contributed by atoms with Gasteiger partial charge in [-0.3, -0.25) is 4.79 Å². The summed E-state index contributed by atoms with van der Waals surface area (Å²) in [5.41, 5.74) is 0.145. The lowest BCUT2D eigenvalue weighted by molar-refractivity contribution is -0.115. The van der Waals surface area contributed by atoms with Crippen LogP contribution in [0.15, 0.2) is 22.6 Å². The molecule has 0 saturated heterocycles. The molecular weight excluding hydrogens is 290 g/mol. The highest BCUT2D eigenvalue weighted by molar-refractivity contribution is 5.92. The smallest absolute Gasteiger partial charge is 0.232 e. The summed E-state index contributed by atoms with van der Waals surface area (Å²) in [6, 6.07) is 2.88. The second kappa shape index (κ2) is 5.87. The van der Waals surface area contributed by atoms with E-state index in [4.69, 9.17) is 4.42 Å². The quantitative estimate of drug-likeness (QED) is 0.939. The molecule has 0 aliphatic rings. The van der Waals surface area contributed by atoms with Gasteiger partial charge in [0.25, 0.3) is 0 Å². The summed E-state index contributed by atoms with van der Waals surface area (Å²) < 4.78 is 32.2. The molecule has 1 N–H and O–H groups in total. The number of rotatable bonds is 3. The van der Waals surface area contributed by atoms with Gasteiger partial charge in [-0.25, -0.2) is 13.8 Å². The van der Waals surface area contributed by atoms with Crippen molar-refractivity contribution in [3.05, 3.63) is 47.2 Å². The molecule has 0 fully saturated rings. The predicted octanol–water partition coefficient (Wildman–Crippen LogP) is 3.74. The number of aromatic nitrogens is 1. The van der Waals surface area contributed by atoms with Gasteiger partial charge in [0.05, 0.1) is 17.8 Å². The minimum Gasteiger partial charge on any atom is -0.444 e. The van der Waals surface area contributed by atoms with Crippen LogP contribution >= 0.6 is 0 Å². The molecule has 0 spiro atoms. The lowest BCUT2D eigenvalue weighted by Crippen LogP contribution is -2.15. The molecular formula is C16H18F2N2O2. The number of carbonyl (C=O) groups excluding carboxylic acids is 1. The number of aryl methyl sites for hydroxylation is 1. The number of halogens is 2. The number of oxazole rings is 1. The van der Waals surface area contributed by atoms with Gasteiger partial charge in [0, 0.05) is 11.5 Å². The summed E-state index contributed by atoms with van der Waals surface area (Å²) in [6.07, 6.45) is -0.0924. The van der Waals surface area contributed by atoms with Crippen LogP contribution in [0.4, 0.5) is 14.5 Å². The van der Waals surface area contributed by atoms with Gasteiger partial charge in [0.1, 0.15) is 17.4 Å². The molecule has 4 nitrogen and oxygen atoms in total. The average Bonchev–Trinajstić information content (AvgIpc) is 2.75. The summed E-state index contributed by atoms with van der Waals surface area (Å²) in [4.78, 5) is 16.3. The summed E-state index contributed by atoms with van der Waals surface area (Å²) in [5.74, 6) is -0.866. The minimum atomic E-state index is -0.695. The first-order valence-electron chi connectivity index (χ1n) is 6.88. The summed E-state index contributed by atoms with van der Waals surface area (Å²) in [7, 11) is 0. The number of carbonyl (C=O) groups is 1. The molecule has 0 bridgehead atoms. The maximum Gasteiger partial charge on any atom is 0.232 e. The molecule has 0 aliphatic heterocycles. The predicted molar refractivity (Wildman–Crippen MR) is 78.6 cm³/mol. The first kappa shape index (κ1) is 16.1. The molecule has 0 atom stereocenters. The van der Waals surface area contributed by atoms with Crippen LogP contribution in [0.5, 0.6) is 0 Å². The molecule has 118 valence electrons. The third-order valence-electron chi connectivity index (χ3n) is 3.06. The molecule has 0 saturated carbocycles. The van der Waals surface area contributed by atoms with E-state index in [0.717, 1.165) is 18.2 Å². The lowest BCUT2D eigenvalue weighted by Gasteiger charge is -2.12. The zero-order valence-electron chi connectivity index (χ0n) is 13.0. The Kier molecular flexibility index (Phi) is 4.30. The number of hydrogen-bond donors (Lipinski definition) is 1. The van der Waals surface area contributed by atoms with E-state index in [9.17, 15) is 13.6 Å². The van der Waals surface area contributed by atoms with Gasteiger partial charge < -0.3 is 9.73 Å². The van der Waals surface area contributed by atoms with Gasteiger partial charge in [0.15, 0.2) is 5.89 Å². The fourth-order valence-electron chi connectivity index (χ4n) is 1.85. The van der Waals surface area contributed by atoms with Crippen LogP contribution in [0.25, 0.3) is 0 Å². The molecule has 1 amide bonds. The minimum absolute atomic E-state index is 0.0924. The molecule has 1 heterocycles. The van der Waals surface area contributed by atoms with Crippen molar-refractivity contribution in [2.24, 2.45) is 0 Å². The number of benzene rings is 1. The highest BCUT2D eigenvalue weighted by atomic mass is 19.1. The molecule has 2 rings (SSSR count). The lowest BCUT2D eigenvalue weighted by atomic mass is 9.97. The molecule has 6 heteroatoms. The topological polar surface area (TPSA) is 55.1 Å². The fourth-order valence-corrected chi connectivity index (χ4v) is 1.85. The van der Waals surface area contributed by atoms with Crippen LogP contribution in [-0.2, 0) is 16.6 Å². The van der Waals surface area contributed by atoms with E-state index in [0.29, 0.717) is 17.3 Å². The number of amides is 1. The molecule has 0 radical (unpaired) electrons. The van der Waals surface area contributed by atoms with E-state index >= 15 is 0 Å². The third kappa shape index (κ3) is 3.69. The van der Waals surface area contributed by atoms with Gasteiger partial charge >= 0.3 is 0 Å². The van der Waals surface area contributed by atoms with Gasteiger partial charge in [-0.05, 0) is 19.1 Å². The molecule has 22 heavy (non-hydrogen) atoms. The van der Waals surface area contributed by atoms with E-state index in [-0.39, 0.29) is 17.5 Å². The van der Waals surface area contributed by atoms with Crippen LogP contribution in [0.2, 0.25) is 0 Å². The summed E-state index contributed by atoms with van der Waals surface area (Å²) in [6.45, 7) is 7.59. The second-order valence-corrected chi connectivity index (χ2v) is 6.13. The van der Waals surface area contributed by atoms with Crippen molar-refractivity contribution >= 4 is 11.6 Å². The van der Waals surface area contributed by atoms with Gasteiger partial charge in [-0.15, -0.1) is 0 Å². The monoisotopic (exact) mass is 308 g/mol. The maximum absolute atomic E-state index is 13.5. The molecule has 0 aliphatic carbocycles. The third-order valence-corrected chi connectivity index (χ3v) is 3.06. The first-order valence-corrected chi connectivity index (χ1v) is 6.88. The van der Waals surface area contributed by atoms with Crippen LogP contribution in [0, 0.1) is 18.6 Å². The van der Waals surface area contributed by atoms with Crippen molar-refractivity contribution < 1.29 is 18.0 Å². The maximum atomic E-state index is 13.5. The molecule has 2 aromatic rings. The van der Waals surface area contributed by atoms with Crippen LogP contribution in [0.1, 0.15) is 38.1 Å². The Morgan fingerprint density at radius 3 is 2.59 bits per heavy atom. The Bertz CT molecular complexity index is 703. The van der Waals surface area contributed by atoms with Gasteiger partial charge in [0.2, 0.25) is 5.91 Å².